The van der Waals surface area contributed by atoms with Gasteiger partial charge < -0.3 is 4.79 Å². The largest absolute Gasteiger partial charge is 0.303 e. The summed E-state index contributed by atoms with van der Waals surface area (Å²) in [5, 5.41) is 0. The molecule has 16 heavy (non-hydrogen) atoms. The number of aldehydes is 1. The van der Waals surface area contributed by atoms with Crippen LogP contribution in [0.4, 0.5) is 0 Å². The second-order valence-electron chi connectivity index (χ2n) is 6.64. The molecule has 1 nitrogen and oxygen atoms in total. The van der Waals surface area contributed by atoms with Gasteiger partial charge in [0.05, 0.1) is 0 Å². The van der Waals surface area contributed by atoms with E-state index in [-0.39, 0.29) is 0 Å². The van der Waals surface area contributed by atoms with Gasteiger partial charge in [-0.1, -0.05) is 38.8 Å². The van der Waals surface area contributed by atoms with Gasteiger partial charge in [-0.05, 0) is 42.4 Å². The van der Waals surface area contributed by atoms with Gasteiger partial charge in [-0.15, -0.1) is 0 Å². The molecular weight excluding hydrogens is 196 g/mol. The van der Waals surface area contributed by atoms with Gasteiger partial charge in [0.1, 0.15) is 6.29 Å². The van der Waals surface area contributed by atoms with Gasteiger partial charge in [0, 0.05) is 6.42 Å². The van der Waals surface area contributed by atoms with Crippen LogP contribution in [0.1, 0.15) is 53.4 Å². The van der Waals surface area contributed by atoms with E-state index in [1.807, 2.05) is 0 Å². The SMILES string of the molecule is CC1=C[C@@H]2[C@H](CC=O)[C@@]1(C)CCCC2(C)C. The van der Waals surface area contributed by atoms with Crippen LogP contribution in [-0.2, 0) is 4.79 Å². The van der Waals surface area contributed by atoms with E-state index in [1.54, 1.807) is 0 Å². The maximum Gasteiger partial charge on any atom is 0.120 e. The topological polar surface area (TPSA) is 17.1 Å². The maximum atomic E-state index is 10.9. The molecule has 2 bridgehead atoms. The molecule has 0 amide bonds. The zero-order valence-corrected chi connectivity index (χ0v) is 11.0. The lowest BCUT2D eigenvalue weighted by atomic mass is 9.66. The summed E-state index contributed by atoms with van der Waals surface area (Å²) in [6.45, 7) is 9.38. The van der Waals surface area contributed by atoms with Crippen molar-refractivity contribution in [3.8, 4) is 0 Å². The molecule has 2 rings (SSSR count). The van der Waals surface area contributed by atoms with Crippen molar-refractivity contribution in [3.63, 3.8) is 0 Å². The second-order valence-corrected chi connectivity index (χ2v) is 6.64. The fourth-order valence-electron chi connectivity index (χ4n) is 4.01. The van der Waals surface area contributed by atoms with Crippen LogP contribution in [0, 0.1) is 22.7 Å². The molecule has 0 spiro atoms. The lowest BCUT2D eigenvalue weighted by Crippen LogP contribution is -2.32. The molecule has 0 aromatic rings. The third-order valence-electron chi connectivity index (χ3n) is 5.35. The summed E-state index contributed by atoms with van der Waals surface area (Å²) in [6.07, 6.45) is 8.19. The molecule has 0 saturated heterocycles. The molecule has 2 aliphatic rings. The Labute approximate surface area is 99.3 Å². The molecule has 1 heteroatoms. The fraction of sp³-hybridized carbons (Fsp3) is 0.800. The Bertz CT molecular complexity index is 326. The summed E-state index contributed by atoms with van der Waals surface area (Å²) in [5.74, 6) is 1.15. The predicted octanol–water partition coefficient (Wildman–Crippen LogP) is 3.98. The number of carbonyl (C=O) groups excluding carboxylic acids is 1. The standard InChI is InChI=1S/C15H24O/c1-11-10-13-12(6-9-16)15(11,4)8-5-7-14(13,2)3/h9-10,12-13H,5-8H2,1-4H3/t12-,13+,15-/m0/s1. The fourth-order valence-corrected chi connectivity index (χ4v) is 4.01. The number of fused-ring (bicyclic) bond motifs is 2. The predicted molar refractivity (Wildman–Crippen MR) is 67.2 cm³/mol. The van der Waals surface area contributed by atoms with Crippen molar-refractivity contribution in [2.75, 3.05) is 0 Å². The van der Waals surface area contributed by atoms with Gasteiger partial charge in [-0.2, -0.15) is 0 Å². The van der Waals surface area contributed by atoms with Gasteiger partial charge in [0.2, 0.25) is 0 Å². The molecule has 0 N–H and O–H groups in total. The third kappa shape index (κ3) is 1.56. The molecule has 0 heterocycles. The van der Waals surface area contributed by atoms with E-state index in [0.29, 0.717) is 22.7 Å². The zero-order valence-electron chi connectivity index (χ0n) is 11.0. The summed E-state index contributed by atoms with van der Waals surface area (Å²) in [4.78, 5) is 10.9. The van der Waals surface area contributed by atoms with Crippen molar-refractivity contribution in [1.82, 2.24) is 0 Å². The van der Waals surface area contributed by atoms with Crippen molar-refractivity contribution in [1.29, 1.82) is 0 Å². The lowest BCUT2D eigenvalue weighted by Gasteiger charge is -2.37. The highest BCUT2D eigenvalue weighted by Gasteiger charge is 2.50. The Morgan fingerprint density at radius 2 is 2.06 bits per heavy atom. The van der Waals surface area contributed by atoms with Crippen molar-refractivity contribution < 1.29 is 4.79 Å². The highest BCUT2D eigenvalue weighted by Crippen LogP contribution is 2.59. The number of hydrogen-bond donors (Lipinski definition) is 0. The minimum atomic E-state index is 0.291. The van der Waals surface area contributed by atoms with Crippen LogP contribution in [0.25, 0.3) is 0 Å². The highest BCUT2D eigenvalue weighted by molar-refractivity contribution is 5.51. The Balaban J connectivity index is 2.42. The summed E-state index contributed by atoms with van der Waals surface area (Å²) < 4.78 is 0. The van der Waals surface area contributed by atoms with Crippen LogP contribution in [-0.4, -0.2) is 6.29 Å². The van der Waals surface area contributed by atoms with Crippen LogP contribution < -0.4 is 0 Å². The maximum absolute atomic E-state index is 10.9. The average Bonchev–Trinajstić information content (AvgIpc) is 2.38. The first kappa shape index (κ1) is 11.9. The van der Waals surface area contributed by atoms with Gasteiger partial charge in [-0.3, -0.25) is 0 Å². The minimum absolute atomic E-state index is 0.291. The van der Waals surface area contributed by atoms with E-state index < -0.39 is 0 Å². The molecule has 90 valence electrons. The lowest BCUT2D eigenvalue weighted by molar-refractivity contribution is -0.109. The number of hydrogen-bond acceptors (Lipinski definition) is 1. The molecule has 0 unspecified atom stereocenters. The molecule has 1 fully saturated rings. The number of allylic oxidation sites excluding steroid dienone is 2. The molecule has 0 aromatic heterocycles. The first-order valence-electron chi connectivity index (χ1n) is 6.54. The molecule has 3 atom stereocenters. The van der Waals surface area contributed by atoms with E-state index in [9.17, 15) is 4.79 Å². The first-order chi connectivity index (χ1) is 7.42. The Kier molecular flexibility index (Phi) is 2.76. The van der Waals surface area contributed by atoms with Crippen molar-refractivity contribution >= 4 is 6.29 Å². The quantitative estimate of drug-likeness (QED) is 0.508. The van der Waals surface area contributed by atoms with Crippen molar-refractivity contribution in [2.24, 2.45) is 22.7 Å². The van der Waals surface area contributed by atoms with Crippen molar-refractivity contribution in [2.45, 2.75) is 53.4 Å². The molecule has 0 aliphatic heterocycles. The average molecular weight is 220 g/mol. The summed E-state index contributed by atoms with van der Waals surface area (Å²) >= 11 is 0. The Morgan fingerprint density at radius 1 is 1.38 bits per heavy atom. The molecule has 1 saturated carbocycles. The van der Waals surface area contributed by atoms with Crippen LogP contribution in [0.3, 0.4) is 0 Å². The third-order valence-corrected chi connectivity index (χ3v) is 5.35. The van der Waals surface area contributed by atoms with E-state index in [1.165, 1.54) is 24.8 Å². The van der Waals surface area contributed by atoms with E-state index in [4.69, 9.17) is 0 Å². The molecule has 2 aliphatic carbocycles. The number of carbonyl (C=O) groups is 1. The van der Waals surface area contributed by atoms with Crippen molar-refractivity contribution in [3.05, 3.63) is 11.6 Å². The summed E-state index contributed by atoms with van der Waals surface area (Å²) in [6, 6.07) is 0. The Hall–Kier alpha value is -0.590. The Morgan fingerprint density at radius 3 is 2.69 bits per heavy atom. The zero-order chi connectivity index (χ0) is 12.0. The molecular formula is C15H24O. The van der Waals surface area contributed by atoms with Gasteiger partial charge in [0.15, 0.2) is 0 Å². The first-order valence-corrected chi connectivity index (χ1v) is 6.54. The van der Waals surface area contributed by atoms with Crippen LogP contribution in [0.5, 0.6) is 0 Å². The van der Waals surface area contributed by atoms with Gasteiger partial charge >= 0.3 is 0 Å². The second kappa shape index (κ2) is 3.72. The van der Waals surface area contributed by atoms with E-state index in [2.05, 4.69) is 33.8 Å². The van der Waals surface area contributed by atoms with E-state index >= 15 is 0 Å². The highest BCUT2D eigenvalue weighted by atomic mass is 16.1. The summed E-state index contributed by atoms with van der Waals surface area (Å²) in [7, 11) is 0. The van der Waals surface area contributed by atoms with Crippen LogP contribution in [0.2, 0.25) is 0 Å². The summed E-state index contributed by atoms with van der Waals surface area (Å²) in [5.41, 5.74) is 2.18. The van der Waals surface area contributed by atoms with Gasteiger partial charge in [0.25, 0.3) is 0 Å². The minimum Gasteiger partial charge on any atom is -0.303 e. The smallest absolute Gasteiger partial charge is 0.120 e. The van der Waals surface area contributed by atoms with Crippen LogP contribution >= 0.6 is 0 Å². The van der Waals surface area contributed by atoms with E-state index in [0.717, 1.165) is 12.7 Å². The van der Waals surface area contributed by atoms with Crippen LogP contribution in [0.15, 0.2) is 11.6 Å². The number of rotatable bonds is 2. The van der Waals surface area contributed by atoms with Gasteiger partial charge in [-0.25, -0.2) is 0 Å². The normalized spacial score (nSPS) is 41.4. The monoisotopic (exact) mass is 220 g/mol. The molecule has 0 aromatic carbocycles. The molecule has 0 radical (unpaired) electrons.